The van der Waals surface area contributed by atoms with Crippen LogP contribution < -0.4 is 5.32 Å². The monoisotopic (exact) mass is 311 g/mol. The van der Waals surface area contributed by atoms with Gasteiger partial charge in [-0.05, 0) is 6.54 Å². The zero-order valence-corrected chi connectivity index (χ0v) is 11.9. The molecule has 0 amide bonds. The Bertz CT molecular complexity index is 345. The van der Waals surface area contributed by atoms with Crippen molar-refractivity contribution in [3.63, 3.8) is 0 Å². The van der Waals surface area contributed by atoms with Crippen LogP contribution in [-0.4, -0.2) is 80.0 Å². The smallest absolute Gasteiger partial charge is 0.245 e. The number of carbonyl (C=O) groups excluding carboxylic acids is 1. The predicted octanol–water partition coefficient (Wildman–Crippen LogP) is -3.03. The number of rotatable bonds is 6. The van der Waals surface area contributed by atoms with Gasteiger partial charge in [-0.1, -0.05) is 19.6 Å². The number of likely N-dealkylation sites (N-methyl/N-ethyl adjacent to an activating group) is 1. The fourth-order valence-corrected chi connectivity index (χ4v) is 2.35. The molecule has 0 saturated carbocycles. The number of hydrogen-bond acceptors (Lipinski definition) is 8. The predicted molar refractivity (Wildman–Crippen MR) is 71.0 cm³/mol. The third-order valence-electron chi connectivity index (χ3n) is 3.28. The second kappa shape index (κ2) is 7.14. The Morgan fingerprint density at radius 2 is 2.15 bits per heavy atom. The van der Waals surface area contributed by atoms with Crippen molar-refractivity contribution in [1.29, 1.82) is 0 Å². The minimum atomic E-state index is -2.35. The number of carbonyl (C=O) groups is 1. The summed E-state index contributed by atoms with van der Waals surface area (Å²) in [6.45, 7) is 1.45. The molecule has 20 heavy (non-hydrogen) atoms. The van der Waals surface area contributed by atoms with Crippen LogP contribution in [-0.2, 0) is 9.53 Å². The average molecular weight is 311 g/mol. The maximum absolute atomic E-state index is 11.3. The summed E-state index contributed by atoms with van der Waals surface area (Å²) in [5.74, 6) is -2.35. The van der Waals surface area contributed by atoms with Gasteiger partial charge in [0.25, 0.3) is 0 Å². The standard InChI is InChI=1S/C11H21NO7S/c1-2-12-7-5(14)3-11(18,10(17)20)19-9(7)8(16)6(15)4-13/h5-9,12-16,18H,2-4H2,1H3,(H,17,20)/t5-,6+,7+,8+,9+,11?/m0/s1. The highest BCUT2D eigenvalue weighted by molar-refractivity contribution is 7.96. The lowest BCUT2D eigenvalue weighted by Gasteiger charge is -2.45. The van der Waals surface area contributed by atoms with Crippen LogP contribution in [0.3, 0.4) is 0 Å². The summed E-state index contributed by atoms with van der Waals surface area (Å²) in [4.78, 5) is 11.3. The molecule has 1 unspecified atom stereocenters. The van der Waals surface area contributed by atoms with Crippen LogP contribution in [0.15, 0.2) is 0 Å². The fourth-order valence-electron chi connectivity index (χ4n) is 2.21. The molecule has 0 aliphatic carbocycles. The highest BCUT2D eigenvalue weighted by atomic mass is 32.1. The number of aliphatic hydroxyl groups excluding tert-OH is 4. The van der Waals surface area contributed by atoms with Gasteiger partial charge in [-0.15, -0.1) is 0 Å². The third kappa shape index (κ3) is 3.68. The zero-order chi connectivity index (χ0) is 15.5. The molecular formula is C11H21NO7S. The normalized spacial score (nSPS) is 37.5. The first kappa shape index (κ1) is 17.8. The Kier molecular flexibility index (Phi) is 6.35. The van der Waals surface area contributed by atoms with Crippen molar-refractivity contribution in [2.24, 2.45) is 0 Å². The molecule has 0 spiro atoms. The minimum Gasteiger partial charge on any atom is -0.394 e. The molecule has 1 rings (SSSR count). The molecule has 0 aromatic heterocycles. The number of aliphatic hydroxyl groups is 5. The lowest BCUT2D eigenvalue weighted by molar-refractivity contribution is -0.282. The van der Waals surface area contributed by atoms with Gasteiger partial charge in [0.1, 0.15) is 18.3 Å². The first-order chi connectivity index (χ1) is 9.26. The van der Waals surface area contributed by atoms with E-state index in [1.54, 1.807) is 6.92 Å². The summed E-state index contributed by atoms with van der Waals surface area (Å²) >= 11 is 3.49. The summed E-state index contributed by atoms with van der Waals surface area (Å²) in [6, 6.07) is -0.816. The highest BCUT2D eigenvalue weighted by Crippen LogP contribution is 2.31. The fraction of sp³-hybridized carbons (Fsp3) is 0.909. The van der Waals surface area contributed by atoms with E-state index in [1.165, 1.54) is 0 Å². The topological polar surface area (TPSA) is 139 Å². The Morgan fingerprint density at radius 1 is 1.55 bits per heavy atom. The molecule has 6 N–H and O–H groups in total. The van der Waals surface area contributed by atoms with Gasteiger partial charge in [0.2, 0.25) is 10.9 Å². The molecule has 1 fully saturated rings. The van der Waals surface area contributed by atoms with Gasteiger partial charge in [-0.3, -0.25) is 4.79 Å². The van der Waals surface area contributed by atoms with Gasteiger partial charge in [-0.2, -0.15) is 0 Å². The maximum Gasteiger partial charge on any atom is 0.245 e. The summed E-state index contributed by atoms with van der Waals surface area (Å²) < 4.78 is 5.14. The molecule has 0 radical (unpaired) electrons. The number of nitrogens with one attached hydrogen (secondary N) is 1. The van der Waals surface area contributed by atoms with Gasteiger partial charge in [0.15, 0.2) is 0 Å². The Morgan fingerprint density at radius 3 is 2.60 bits per heavy atom. The first-order valence-corrected chi connectivity index (χ1v) is 6.73. The number of hydrogen-bond donors (Lipinski definition) is 7. The quantitative estimate of drug-likeness (QED) is 0.257. The maximum atomic E-state index is 11.3. The zero-order valence-electron chi connectivity index (χ0n) is 11.0. The van der Waals surface area contributed by atoms with E-state index >= 15 is 0 Å². The SMILES string of the molecule is CCN[C@H]1[C@H]([C@H](O)[C@H](O)CO)OC(O)(C(=O)S)C[C@@H]1O. The third-order valence-corrected chi connectivity index (χ3v) is 3.63. The van der Waals surface area contributed by atoms with Crippen molar-refractivity contribution in [3.8, 4) is 0 Å². The van der Waals surface area contributed by atoms with Crippen LogP contribution in [0.1, 0.15) is 13.3 Å². The molecule has 0 bridgehead atoms. The van der Waals surface area contributed by atoms with Gasteiger partial charge in [0.05, 0.1) is 18.8 Å². The molecule has 6 atom stereocenters. The van der Waals surface area contributed by atoms with Gasteiger partial charge in [-0.25, -0.2) is 0 Å². The highest BCUT2D eigenvalue weighted by Gasteiger charge is 2.52. The van der Waals surface area contributed by atoms with E-state index in [-0.39, 0.29) is 0 Å². The molecule has 0 aromatic rings. The Labute approximate surface area is 121 Å². The van der Waals surface area contributed by atoms with Crippen LogP contribution in [0, 0.1) is 0 Å². The van der Waals surface area contributed by atoms with Crippen molar-refractivity contribution < 1.29 is 35.1 Å². The Balaban J connectivity index is 3.00. The second-order valence-corrected chi connectivity index (χ2v) is 5.17. The average Bonchev–Trinajstić information content (AvgIpc) is 2.39. The summed E-state index contributed by atoms with van der Waals surface area (Å²) in [5.41, 5.74) is 0. The van der Waals surface area contributed by atoms with Crippen molar-refractivity contribution in [2.75, 3.05) is 13.2 Å². The lowest BCUT2D eigenvalue weighted by atomic mass is 9.89. The number of thiol groups is 1. The van der Waals surface area contributed by atoms with Crippen molar-refractivity contribution in [2.45, 2.75) is 49.6 Å². The molecule has 1 aliphatic rings. The van der Waals surface area contributed by atoms with E-state index in [1.807, 2.05) is 0 Å². The van der Waals surface area contributed by atoms with E-state index < -0.39 is 54.4 Å². The summed E-state index contributed by atoms with van der Waals surface area (Å²) in [6.07, 6.45) is -6.04. The van der Waals surface area contributed by atoms with Crippen LogP contribution in [0.2, 0.25) is 0 Å². The van der Waals surface area contributed by atoms with Crippen LogP contribution in [0.5, 0.6) is 0 Å². The molecule has 0 aromatic carbocycles. The molecule has 8 nitrogen and oxygen atoms in total. The van der Waals surface area contributed by atoms with Gasteiger partial charge >= 0.3 is 0 Å². The molecule has 1 heterocycles. The first-order valence-electron chi connectivity index (χ1n) is 6.28. The summed E-state index contributed by atoms with van der Waals surface area (Å²) in [7, 11) is 0. The molecular weight excluding hydrogens is 290 g/mol. The van der Waals surface area contributed by atoms with Crippen molar-refractivity contribution >= 4 is 17.7 Å². The van der Waals surface area contributed by atoms with Crippen LogP contribution in [0.4, 0.5) is 0 Å². The lowest BCUT2D eigenvalue weighted by Crippen LogP contribution is -2.66. The van der Waals surface area contributed by atoms with E-state index in [2.05, 4.69) is 17.9 Å². The number of ether oxygens (including phenoxy) is 1. The molecule has 1 aliphatic heterocycles. The summed E-state index contributed by atoms with van der Waals surface area (Å²) in [5, 5.41) is 50.1. The molecule has 118 valence electrons. The molecule has 1 saturated heterocycles. The Hall–Kier alpha value is -0.260. The minimum absolute atomic E-state index is 0.411. The van der Waals surface area contributed by atoms with E-state index in [0.29, 0.717) is 6.54 Å². The second-order valence-electron chi connectivity index (χ2n) is 4.77. The van der Waals surface area contributed by atoms with Crippen LogP contribution >= 0.6 is 12.6 Å². The van der Waals surface area contributed by atoms with E-state index in [0.717, 1.165) is 0 Å². The largest absolute Gasteiger partial charge is 0.394 e. The van der Waals surface area contributed by atoms with E-state index in [4.69, 9.17) is 9.84 Å². The van der Waals surface area contributed by atoms with Gasteiger partial charge in [0, 0.05) is 6.42 Å². The van der Waals surface area contributed by atoms with Crippen molar-refractivity contribution in [1.82, 2.24) is 5.32 Å². The van der Waals surface area contributed by atoms with E-state index in [9.17, 15) is 25.2 Å². The van der Waals surface area contributed by atoms with Crippen molar-refractivity contribution in [3.05, 3.63) is 0 Å². The van der Waals surface area contributed by atoms with Gasteiger partial charge < -0.3 is 35.6 Å². The molecule has 9 heteroatoms. The van der Waals surface area contributed by atoms with Crippen LogP contribution in [0.25, 0.3) is 0 Å².